The number of rotatable bonds is 1. The normalized spacial score (nSPS) is 18.8. The Morgan fingerprint density at radius 1 is 1.00 bits per heavy atom. The van der Waals surface area contributed by atoms with E-state index in [4.69, 9.17) is 11.6 Å². The number of thioether (sulfide) groups is 1. The second kappa shape index (κ2) is 4.75. The summed E-state index contributed by atoms with van der Waals surface area (Å²) in [6.07, 6.45) is 2.39. The Balaban J connectivity index is 1.86. The molecule has 1 heterocycles. The highest BCUT2D eigenvalue weighted by Gasteiger charge is 2.20. The van der Waals surface area contributed by atoms with Crippen molar-refractivity contribution in [1.29, 1.82) is 0 Å². The van der Waals surface area contributed by atoms with Crippen LogP contribution in [-0.2, 0) is 6.42 Å². The molecular weight excluding hydrogens is 248 g/mol. The van der Waals surface area contributed by atoms with Crippen LogP contribution in [0.15, 0.2) is 53.4 Å². The molecule has 3 rings (SSSR count). The van der Waals surface area contributed by atoms with Crippen molar-refractivity contribution >= 4 is 23.4 Å². The SMILES string of the molecule is Clc1ccc([C@H]2CCc3ccccc3S2)cc1. The molecule has 0 nitrogen and oxygen atoms in total. The van der Waals surface area contributed by atoms with E-state index in [1.54, 1.807) is 0 Å². The van der Waals surface area contributed by atoms with Crippen LogP contribution in [0.2, 0.25) is 5.02 Å². The summed E-state index contributed by atoms with van der Waals surface area (Å²) in [7, 11) is 0. The summed E-state index contributed by atoms with van der Waals surface area (Å²) in [4.78, 5) is 1.43. The first-order valence-electron chi connectivity index (χ1n) is 5.83. The van der Waals surface area contributed by atoms with Crippen molar-refractivity contribution < 1.29 is 0 Å². The minimum Gasteiger partial charge on any atom is -0.118 e. The number of hydrogen-bond acceptors (Lipinski definition) is 1. The molecule has 0 amide bonds. The molecule has 0 saturated heterocycles. The van der Waals surface area contributed by atoms with E-state index >= 15 is 0 Å². The van der Waals surface area contributed by atoms with Gasteiger partial charge in [-0.3, -0.25) is 0 Å². The Labute approximate surface area is 111 Å². The summed E-state index contributed by atoms with van der Waals surface area (Å²) in [5, 5.41) is 1.39. The first-order valence-corrected chi connectivity index (χ1v) is 7.09. The Hall–Kier alpha value is -0.920. The maximum atomic E-state index is 5.92. The van der Waals surface area contributed by atoms with Crippen molar-refractivity contribution in [1.82, 2.24) is 0 Å². The largest absolute Gasteiger partial charge is 0.118 e. The van der Waals surface area contributed by atoms with E-state index in [0.29, 0.717) is 5.25 Å². The molecule has 0 saturated carbocycles. The van der Waals surface area contributed by atoms with Crippen molar-refractivity contribution in [3.63, 3.8) is 0 Å². The van der Waals surface area contributed by atoms with Crippen LogP contribution in [0.5, 0.6) is 0 Å². The van der Waals surface area contributed by atoms with Crippen LogP contribution in [0, 0.1) is 0 Å². The Bertz CT molecular complexity index is 519. The van der Waals surface area contributed by atoms with Crippen molar-refractivity contribution in [2.24, 2.45) is 0 Å². The molecule has 2 aromatic rings. The third-order valence-electron chi connectivity index (χ3n) is 3.16. The second-order valence-electron chi connectivity index (χ2n) is 4.30. The van der Waals surface area contributed by atoms with Crippen LogP contribution >= 0.6 is 23.4 Å². The number of fused-ring (bicyclic) bond motifs is 1. The molecule has 0 bridgehead atoms. The molecule has 0 spiro atoms. The predicted octanol–water partition coefficient (Wildman–Crippen LogP) is 5.12. The van der Waals surface area contributed by atoms with Crippen LogP contribution in [0.25, 0.3) is 0 Å². The molecule has 86 valence electrons. The molecule has 0 unspecified atom stereocenters. The predicted molar refractivity (Wildman–Crippen MR) is 74.8 cm³/mol. The van der Waals surface area contributed by atoms with Gasteiger partial charge in [-0.05, 0) is 42.2 Å². The van der Waals surface area contributed by atoms with E-state index in [1.165, 1.54) is 28.9 Å². The van der Waals surface area contributed by atoms with Gasteiger partial charge in [0.1, 0.15) is 0 Å². The third-order valence-corrected chi connectivity index (χ3v) is 4.86. The van der Waals surface area contributed by atoms with Crippen LogP contribution in [0.3, 0.4) is 0 Å². The van der Waals surface area contributed by atoms with Crippen molar-refractivity contribution in [3.8, 4) is 0 Å². The molecular formula is C15H13ClS. The zero-order valence-corrected chi connectivity index (χ0v) is 11.0. The zero-order valence-electron chi connectivity index (χ0n) is 9.40. The van der Waals surface area contributed by atoms with Gasteiger partial charge in [0.2, 0.25) is 0 Å². The lowest BCUT2D eigenvalue weighted by molar-refractivity contribution is 0.772. The van der Waals surface area contributed by atoms with Crippen LogP contribution in [-0.4, -0.2) is 0 Å². The smallest absolute Gasteiger partial charge is 0.0406 e. The van der Waals surface area contributed by atoms with Gasteiger partial charge in [0.15, 0.2) is 0 Å². The summed E-state index contributed by atoms with van der Waals surface area (Å²) < 4.78 is 0. The molecule has 2 heteroatoms. The lowest BCUT2D eigenvalue weighted by Gasteiger charge is -2.24. The molecule has 0 N–H and O–H groups in total. The standard InChI is InChI=1S/C15H13ClS/c16-13-8-5-12(6-9-13)15-10-7-11-3-1-2-4-14(11)17-15/h1-6,8-9,15H,7,10H2/t15-/m1/s1. The van der Waals surface area contributed by atoms with E-state index in [0.717, 1.165) is 5.02 Å². The number of halogens is 1. The highest BCUT2D eigenvalue weighted by molar-refractivity contribution is 7.99. The molecule has 0 radical (unpaired) electrons. The van der Waals surface area contributed by atoms with E-state index in [1.807, 2.05) is 23.9 Å². The fourth-order valence-corrected chi connectivity index (χ4v) is 3.68. The highest BCUT2D eigenvalue weighted by Crippen LogP contribution is 2.44. The lowest BCUT2D eigenvalue weighted by atomic mass is 10.0. The van der Waals surface area contributed by atoms with Gasteiger partial charge in [-0.15, -0.1) is 11.8 Å². The van der Waals surface area contributed by atoms with Gasteiger partial charge in [-0.1, -0.05) is 41.9 Å². The van der Waals surface area contributed by atoms with Gasteiger partial charge in [0.25, 0.3) is 0 Å². The van der Waals surface area contributed by atoms with Gasteiger partial charge >= 0.3 is 0 Å². The topological polar surface area (TPSA) is 0 Å². The second-order valence-corrected chi connectivity index (χ2v) is 5.99. The van der Waals surface area contributed by atoms with E-state index < -0.39 is 0 Å². The quantitative estimate of drug-likeness (QED) is 0.686. The molecule has 1 aliphatic heterocycles. The number of hydrogen-bond donors (Lipinski definition) is 0. The van der Waals surface area contributed by atoms with Crippen molar-refractivity contribution in [2.45, 2.75) is 23.0 Å². The molecule has 0 fully saturated rings. The summed E-state index contributed by atoms with van der Waals surface area (Å²) in [5.74, 6) is 0. The highest BCUT2D eigenvalue weighted by atomic mass is 35.5. The summed E-state index contributed by atoms with van der Waals surface area (Å²) >= 11 is 7.90. The lowest BCUT2D eigenvalue weighted by Crippen LogP contribution is -2.04. The third kappa shape index (κ3) is 2.36. The minimum atomic E-state index is 0.571. The van der Waals surface area contributed by atoms with Gasteiger partial charge in [0.05, 0.1) is 0 Å². The van der Waals surface area contributed by atoms with Crippen LogP contribution in [0.4, 0.5) is 0 Å². The average Bonchev–Trinajstić information content (AvgIpc) is 2.39. The molecule has 0 aromatic heterocycles. The van der Waals surface area contributed by atoms with Gasteiger partial charge < -0.3 is 0 Å². The van der Waals surface area contributed by atoms with Crippen molar-refractivity contribution in [2.75, 3.05) is 0 Å². The van der Waals surface area contributed by atoms with Gasteiger partial charge in [-0.25, -0.2) is 0 Å². The number of benzene rings is 2. The first-order chi connectivity index (χ1) is 8.33. The zero-order chi connectivity index (χ0) is 11.7. The van der Waals surface area contributed by atoms with Crippen LogP contribution in [0.1, 0.15) is 22.8 Å². The Morgan fingerprint density at radius 3 is 2.59 bits per heavy atom. The Morgan fingerprint density at radius 2 is 1.76 bits per heavy atom. The Kier molecular flexibility index (Phi) is 3.13. The average molecular weight is 261 g/mol. The van der Waals surface area contributed by atoms with E-state index in [9.17, 15) is 0 Å². The summed E-state index contributed by atoms with van der Waals surface area (Å²) in [5.41, 5.74) is 2.87. The molecule has 2 aromatic carbocycles. The van der Waals surface area contributed by atoms with E-state index in [-0.39, 0.29) is 0 Å². The molecule has 1 aliphatic rings. The van der Waals surface area contributed by atoms with Gasteiger partial charge in [0, 0.05) is 15.2 Å². The van der Waals surface area contributed by atoms with Crippen molar-refractivity contribution in [3.05, 3.63) is 64.7 Å². The molecule has 1 atom stereocenters. The minimum absolute atomic E-state index is 0.571. The molecule has 17 heavy (non-hydrogen) atoms. The first kappa shape index (κ1) is 11.2. The fourth-order valence-electron chi connectivity index (χ4n) is 2.24. The fraction of sp³-hybridized carbons (Fsp3) is 0.200. The maximum Gasteiger partial charge on any atom is 0.0406 e. The summed E-state index contributed by atoms with van der Waals surface area (Å²) in [6.45, 7) is 0. The monoisotopic (exact) mass is 260 g/mol. The van der Waals surface area contributed by atoms with Gasteiger partial charge in [-0.2, -0.15) is 0 Å². The van der Waals surface area contributed by atoms with E-state index in [2.05, 4.69) is 36.4 Å². The maximum absolute atomic E-state index is 5.92. The summed E-state index contributed by atoms with van der Waals surface area (Å²) in [6, 6.07) is 17.0. The molecule has 0 aliphatic carbocycles. The van der Waals surface area contributed by atoms with Crippen LogP contribution < -0.4 is 0 Å². The number of aryl methyl sites for hydroxylation is 1.